The molecule has 0 radical (unpaired) electrons. The van der Waals surface area contributed by atoms with Gasteiger partial charge in [-0.05, 0) is 38.1 Å². The monoisotopic (exact) mass is 338 g/mol. The number of Topliss-reactive ketones (excluding diaryl/α,β-unsaturated/α-hetero) is 1. The number of carbonyl (C=O) groups is 2. The van der Waals surface area contributed by atoms with Crippen molar-refractivity contribution in [3.05, 3.63) is 59.3 Å². The number of nitrogens with one attached hydrogen (secondary N) is 1. The first kappa shape index (κ1) is 16.7. The highest BCUT2D eigenvalue weighted by molar-refractivity contribution is 6.01. The number of rotatable bonds is 6. The highest BCUT2D eigenvalue weighted by Crippen LogP contribution is 2.23. The Balaban J connectivity index is 1.81. The lowest BCUT2D eigenvalue weighted by Crippen LogP contribution is -2.08. The Bertz CT molecular complexity index is 930. The number of para-hydroxylation sites is 1. The molecule has 3 rings (SSSR count). The smallest absolute Gasteiger partial charge is 0.359 e. The number of ketones is 1. The lowest BCUT2D eigenvalue weighted by Gasteiger charge is -2.11. The van der Waals surface area contributed by atoms with Gasteiger partial charge in [-0.3, -0.25) is 9.89 Å². The second-order valence-corrected chi connectivity index (χ2v) is 5.51. The number of nitrogens with zero attached hydrogens (tertiary/aromatic N) is 1. The molecule has 1 aromatic heterocycles. The Morgan fingerprint density at radius 2 is 1.96 bits per heavy atom. The van der Waals surface area contributed by atoms with E-state index in [2.05, 4.69) is 10.2 Å². The highest BCUT2D eigenvalue weighted by Gasteiger charge is 2.17. The summed E-state index contributed by atoms with van der Waals surface area (Å²) in [6.07, 6.45) is 0. The van der Waals surface area contributed by atoms with E-state index in [9.17, 15) is 9.59 Å². The molecule has 6 nitrogen and oxygen atoms in total. The summed E-state index contributed by atoms with van der Waals surface area (Å²) in [5, 5.41) is 7.53. The van der Waals surface area contributed by atoms with Crippen molar-refractivity contribution in [2.45, 2.75) is 20.5 Å². The zero-order valence-electron chi connectivity index (χ0n) is 14.0. The molecule has 0 atom stereocenters. The Labute approximate surface area is 144 Å². The van der Waals surface area contributed by atoms with Crippen LogP contribution in [0, 0.1) is 0 Å². The fourth-order valence-electron chi connectivity index (χ4n) is 2.54. The number of aromatic amines is 1. The number of carbonyl (C=O) groups excluding carboxylic acids is 2. The van der Waals surface area contributed by atoms with Crippen LogP contribution in [0.3, 0.4) is 0 Å². The third-order valence-corrected chi connectivity index (χ3v) is 3.79. The molecule has 0 unspecified atom stereocenters. The summed E-state index contributed by atoms with van der Waals surface area (Å²) in [6, 6.07) is 12.4. The van der Waals surface area contributed by atoms with E-state index >= 15 is 0 Å². The molecule has 0 saturated heterocycles. The molecule has 0 aliphatic carbocycles. The van der Waals surface area contributed by atoms with Crippen molar-refractivity contribution in [2.24, 2.45) is 0 Å². The van der Waals surface area contributed by atoms with E-state index in [1.54, 1.807) is 24.3 Å². The van der Waals surface area contributed by atoms with E-state index in [0.717, 1.165) is 5.52 Å². The number of aromatic nitrogens is 2. The van der Waals surface area contributed by atoms with E-state index in [0.29, 0.717) is 28.9 Å². The standard InChI is InChI=1S/C19H18N2O4/c1-3-24-17-9-8-13(12(2)22)10-14(17)11-25-19(23)18-15-6-4-5-7-16(15)20-21-18/h4-10H,3,11H2,1-2H3,(H,20,21). The fraction of sp³-hybridized carbons (Fsp3) is 0.211. The molecule has 0 bridgehead atoms. The van der Waals surface area contributed by atoms with Gasteiger partial charge >= 0.3 is 5.97 Å². The van der Waals surface area contributed by atoms with Gasteiger partial charge in [0.25, 0.3) is 0 Å². The van der Waals surface area contributed by atoms with Crippen LogP contribution in [-0.2, 0) is 11.3 Å². The van der Waals surface area contributed by atoms with Gasteiger partial charge in [0, 0.05) is 16.5 Å². The molecule has 1 N–H and O–H groups in total. The molecule has 0 saturated carbocycles. The maximum Gasteiger partial charge on any atom is 0.359 e. The van der Waals surface area contributed by atoms with Crippen LogP contribution in [0.25, 0.3) is 10.9 Å². The van der Waals surface area contributed by atoms with Crippen molar-refractivity contribution in [3.63, 3.8) is 0 Å². The summed E-state index contributed by atoms with van der Waals surface area (Å²) in [6.45, 7) is 3.83. The molecule has 1 heterocycles. The lowest BCUT2D eigenvalue weighted by atomic mass is 10.1. The highest BCUT2D eigenvalue weighted by atomic mass is 16.5. The number of esters is 1. The Kier molecular flexibility index (Phi) is 4.79. The third kappa shape index (κ3) is 3.52. The predicted octanol–water partition coefficient (Wildman–Crippen LogP) is 3.52. The van der Waals surface area contributed by atoms with Gasteiger partial charge in [-0.25, -0.2) is 4.79 Å². The van der Waals surface area contributed by atoms with Crippen molar-refractivity contribution in [3.8, 4) is 5.75 Å². The summed E-state index contributed by atoms with van der Waals surface area (Å²) < 4.78 is 10.9. The van der Waals surface area contributed by atoms with Gasteiger partial charge in [0.1, 0.15) is 12.4 Å². The van der Waals surface area contributed by atoms with Crippen LogP contribution in [0.2, 0.25) is 0 Å². The summed E-state index contributed by atoms with van der Waals surface area (Å²) >= 11 is 0. The Morgan fingerprint density at radius 3 is 2.72 bits per heavy atom. The first-order valence-electron chi connectivity index (χ1n) is 7.97. The molecule has 0 aliphatic rings. The van der Waals surface area contributed by atoms with E-state index < -0.39 is 5.97 Å². The van der Waals surface area contributed by atoms with Gasteiger partial charge in [0.2, 0.25) is 0 Å². The zero-order valence-corrected chi connectivity index (χ0v) is 14.0. The van der Waals surface area contributed by atoms with Gasteiger partial charge in [0.15, 0.2) is 11.5 Å². The summed E-state index contributed by atoms with van der Waals surface area (Å²) in [5.74, 6) is -0.00534. The number of H-pyrrole nitrogens is 1. The molecule has 0 spiro atoms. The second kappa shape index (κ2) is 7.17. The minimum atomic E-state index is -0.534. The van der Waals surface area contributed by atoms with E-state index in [1.807, 2.05) is 25.1 Å². The SMILES string of the molecule is CCOc1ccc(C(C)=O)cc1COC(=O)c1n[nH]c2ccccc12. The average molecular weight is 338 g/mol. The van der Waals surface area contributed by atoms with Crippen LogP contribution in [-0.4, -0.2) is 28.6 Å². The van der Waals surface area contributed by atoms with Crippen molar-refractivity contribution in [2.75, 3.05) is 6.61 Å². The number of hydrogen-bond donors (Lipinski definition) is 1. The minimum absolute atomic E-state index is 0.00350. The maximum absolute atomic E-state index is 12.4. The molecule has 0 fully saturated rings. The molecule has 2 aromatic carbocycles. The zero-order chi connectivity index (χ0) is 17.8. The molecular weight excluding hydrogens is 320 g/mol. The quantitative estimate of drug-likeness (QED) is 0.549. The number of benzene rings is 2. The molecule has 25 heavy (non-hydrogen) atoms. The van der Waals surface area contributed by atoms with Crippen LogP contribution in [0.1, 0.15) is 40.3 Å². The minimum Gasteiger partial charge on any atom is -0.493 e. The number of ether oxygens (including phenoxy) is 2. The molecule has 6 heteroatoms. The summed E-state index contributed by atoms with van der Waals surface area (Å²) in [7, 11) is 0. The summed E-state index contributed by atoms with van der Waals surface area (Å²) in [5.41, 5.74) is 2.18. The molecule has 3 aromatic rings. The van der Waals surface area contributed by atoms with Gasteiger partial charge in [-0.2, -0.15) is 5.10 Å². The van der Waals surface area contributed by atoms with Crippen molar-refractivity contribution < 1.29 is 19.1 Å². The van der Waals surface area contributed by atoms with Crippen LogP contribution < -0.4 is 4.74 Å². The first-order valence-corrected chi connectivity index (χ1v) is 7.97. The van der Waals surface area contributed by atoms with Crippen LogP contribution in [0.5, 0.6) is 5.75 Å². The largest absolute Gasteiger partial charge is 0.493 e. The van der Waals surface area contributed by atoms with Crippen LogP contribution in [0.15, 0.2) is 42.5 Å². The Morgan fingerprint density at radius 1 is 1.16 bits per heavy atom. The number of fused-ring (bicyclic) bond motifs is 1. The van der Waals surface area contributed by atoms with Gasteiger partial charge < -0.3 is 9.47 Å². The van der Waals surface area contributed by atoms with Crippen LogP contribution in [0.4, 0.5) is 0 Å². The van der Waals surface area contributed by atoms with Crippen molar-refractivity contribution >= 4 is 22.7 Å². The van der Waals surface area contributed by atoms with Gasteiger partial charge in [-0.15, -0.1) is 0 Å². The normalized spacial score (nSPS) is 10.6. The maximum atomic E-state index is 12.4. The molecule has 0 aliphatic heterocycles. The average Bonchev–Trinajstić information content (AvgIpc) is 3.05. The van der Waals surface area contributed by atoms with E-state index in [-0.39, 0.29) is 18.1 Å². The molecular formula is C19H18N2O4. The first-order chi connectivity index (χ1) is 12.1. The topological polar surface area (TPSA) is 81.3 Å². The van der Waals surface area contributed by atoms with Crippen molar-refractivity contribution in [1.82, 2.24) is 10.2 Å². The van der Waals surface area contributed by atoms with E-state index in [1.165, 1.54) is 6.92 Å². The van der Waals surface area contributed by atoms with Crippen molar-refractivity contribution in [1.29, 1.82) is 0 Å². The second-order valence-electron chi connectivity index (χ2n) is 5.51. The predicted molar refractivity (Wildman–Crippen MR) is 92.8 cm³/mol. The van der Waals surface area contributed by atoms with Crippen LogP contribution >= 0.6 is 0 Å². The molecule has 128 valence electrons. The third-order valence-electron chi connectivity index (χ3n) is 3.79. The van der Waals surface area contributed by atoms with Gasteiger partial charge in [0.05, 0.1) is 12.1 Å². The summed E-state index contributed by atoms with van der Waals surface area (Å²) in [4.78, 5) is 23.9. The fourth-order valence-corrected chi connectivity index (χ4v) is 2.54. The molecule has 0 amide bonds. The van der Waals surface area contributed by atoms with Gasteiger partial charge in [-0.1, -0.05) is 18.2 Å². The van der Waals surface area contributed by atoms with E-state index in [4.69, 9.17) is 9.47 Å². The number of hydrogen-bond acceptors (Lipinski definition) is 5. The Hall–Kier alpha value is -3.15. The lowest BCUT2D eigenvalue weighted by molar-refractivity contribution is 0.0465.